The number of hydrogen-bond donors (Lipinski definition) is 1. The van der Waals surface area contributed by atoms with E-state index in [2.05, 4.69) is 21.2 Å². The Bertz CT molecular complexity index is 1090. The van der Waals surface area contributed by atoms with Crippen molar-refractivity contribution in [2.45, 2.75) is 6.61 Å². The largest absolute Gasteiger partial charge is 0.493 e. The standard InChI is InChI=1S/C24H19BrN2O3/c1-29-22-9-5-8-18(23(22)30-16-17-6-3-2-4-7-17)14-19(15-26)24(28)27-21-12-10-20(25)11-13-21/h2-14H,16H2,1H3,(H,27,28)/b19-14+. The van der Waals surface area contributed by atoms with E-state index in [1.54, 1.807) is 37.4 Å². The van der Waals surface area contributed by atoms with Crippen LogP contribution in [0.5, 0.6) is 11.5 Å². The summed E-state index contributed by atoms with van der Waals surface area (Å²) >= 11 is 3.35. The lowest BCUT2D eigenvalue weighted by Gasteiger charge is -2.14. The van der Waals surface area contributed by atoms with Crippen molar-refractivity contribution in [3.63, 3.8) is 0 Å². The fourth-order valence-electron chi connectivity index (χ4n) is 2.73. The van der Waals surface area contributed by atoms with E-state index < -0.39 is 5.91 Å². The normalized spacial score (nSPS) is 10.8. The number of carbonyl (C=O) groups is 1. The monoisotopic (exact) mass is 462 g/mol. The first-order chi connectivity index (χ1) is 14.6. The first kappa shape index (κ1) is 21.2. The lowest BCUT2D eigenvalue weighted by molar-refractivity contribution is -0.112. The van der Waals surface area contributed by atoms with Crippen LogP contribution in [0.15, 0.2) is 82.8 Å². The van der Waals surface area contributed by atoms with Crippen LogP contribution >= 0.6 is 15.9 Å². The van der Waals surface area contributed by atoms with Crippen LogP contribution in [0.4, 0.5) is 5.69 Å². The van der Waals surface area contributed by atoms with Crippen molar-refractivity contribution in [1.29, 1.82) is 5.26 Å². The highest BCUT2D eigenvalue weighted by Crippen LogP contribution is 2.33. The highest BCUT2D eigenvalue weighted by atomic mass is 79.9. The van der Waals surface area contributed by atoms with Crippen molar-refractivity contribution in [2.75, 3.05) is 12.4 Å². The zero-order valence-electron chi connectivity index (χ0n) is 16.3. The van der Waals surface area contributed by atoms with E-state index in [0.29, 0.717) is 29.4 Å². The molecular weight excluding hydrogens is 444 g/mol. The van der Waals surface area contributed by atoms with Gasteiger partial charge >= 0.3 is 0 Å². The van der Waals surface area contributed by atoms with Gasteiger partial charge in [-0.05, 0) is 42.0 Å². The Kier molecular flexibility index (Phi) is 7.25. The number of halogens is 1. The number of benzene rings is 3. The number of methoxy groups -OCH3 is 1. The number of hydrogen-bond acceptors (Lipinski definition) is 4. The smallest absolute Gasteiger partial charge is 0.266 e. The third kappa shape index (κ3) is 5.49. The van der Waals surface area contributed by atoms with Gasteiger partial charge in [-0.25, -0.2) is 0 Å². The van der Waals surface area contributed by atoms with Gasteiger partial charge in [-0.3, -0.25) is 4.79 Å². The predicted octanol–water partition coefficient (Wildman–Crippen LogP) is 5.58. The van der Waals surface area contributed by atoms with Crippen molar-refractivity contribution in [3.05, 3.63) is 94.0 Å². The number of rotatable bonds is 7. The Labute approximate surface area is 183 Å². The molecule has 3 rings (SSSR count). The maximum atomic E-state index is 12.6. The van der Waals surface area contributed by atoms with Crippen LogP contribution in [0.2, 0.25) is 0 Å². The second kappa shape index (κ2) is 10.3. The molecular formula is C24H19BrN2O3. The van der Waals surface area contributed by atoms with Gasteiger partial charge in [-0.15, -0.1) is 0 Å². The summed E-state index contributed by atoms with van der Waals surface area (Å²) in [6, 6.07) is 24.1. The van der Waals surface area contributed by atoms with Crippen molar-refractivity contribution in [2.24, 2.45) is 0 Å². The van der Waals surface area contributed by atoms with E-state index in [0.717, 1.165) is 10.0 Å². The second-order valence-corrected chi connectivity index (χ2v) is 7.20. The molecule has 6 heteroatoms. The maximum Gasteiger partial charge on any atom is 0.266 e. The molecule has 0 heterocycles. The molecule has 0 fully saturated rings. The minimum Gasteiger partial charge on any atom is -0.493 e. The van der Waals surface area contributed by atoms with Gasteiger partial charge in [0.15, 0.2) is 11.5 Å². The number of para-hydroxylation sites is 1. The Morgan fingerprint density at radius 1 is 1.07 bits per heavy atom. The quantitative estimate of drug-likeness (QED) is 0.367. The zero-order chi connectivity index (χ0) is 21.3. The number of amides is 1. The molecule has 1 amide bonds. The molecule has 0 spiro atoms. The van der Waals surface area contributed by atoms with Crippen LogP contribution in [-0.4, -0.2) is 13.0 Å². The zero-order valence-corrected chi connectivity index (χ0v) is 17.8. The second-order valence-electron chi connectivity index (χ2n) is 6.28. The molecule has 0 atom stereocenters. The summed E-state index contributed by atoms with van der Waals surface area (Å²) in [5.74, 6) is 0.481. The van der Waals surface area contributed by atoms with Crippen molar-refractivity contribution < 1.29 is 14.3 Å². The van der Waals surface area contributed by atoms with E-state index in [4.69, 9.17) is 9.47 Å². The van der Waals surface area contributed by atoms with Crippen molar-refractivity contribution in [3.8, 4) is 17.6 Å². The fourth-order valence-corrected chi connectivity index (χ4v) is 2.99. The molecule has 0 radical (unpaired) electrons. The van der Waals surface area contributed by atoms with E-state index >= 15 is 0 Å². The number of anilines is 1. The minimum atomic E-state index is -0.503. The van der Waals surface area contributed by atoms with Crippen LogP contribution in [0.1, 0.15) is 11.1 Å². The number of ether oxygens (including phenoxy) is 2. The molecule has 0 saturated carbocycles. The molecule has 30 heavy (non-hydrogen) atoms. The molecule has 0 aliphatic rings. The first-order valence-electron chi connectivity index (χ1n) is 9.13. The highest BCUT2D eigenvalue weighted by molar-refractivity contribution is 9.10. The van der Waals surface area contributed by atoms with Crippen LogP contribution in [0.25, 0.3) is 6.08 Å². The Hall–Kier alpha value is -3.56. The van der Waals surface area contributed by atoms with Crippen molar-refractivity contribution in [1.82, 2.24) is 0 Å². The molecule has 0 aromatic heterocycles. The number of nitriles is 1. The van der Waals surface area contributed by atoms with Gasteiger partial charge in [0.2, 0.25) is 0 Å². The fraction of sp³-hybridized carbons (Fsp3) is 0.0833. The molecule has 3 aromatic rings. The molecule has 0 saturated heterocycles. The Balaban J connectivity index is 1.86. The van der Waals surface area contributed by atoms with E-state index in [1.807, 2.05) is 48.5 Å². The van der Waals surface area contributed by atoms with E-state index in [1.165, 1.54) is 6.08 Å². The van der Waals surface area contributed by atoms with Crippen LogP contribution in [-0.2, 0) is 11.4 Å². The summed E-state index contributed by atoms with van der Waals surface area (Å²) in [6.45, 7) is 0.328. The molecule has 3 aromatic carbocycles. The van der Waals surface area contributed by atoms with Gasteiger partial charge in [-0.2, -0.15) is 5.26 Å². The molecule has 0 bridgehead atoms. The number of nitrogens with zero attached hydrogens (tertiary/aromatic N) is 1. The third-order valence-electron chi connectivity index (χ3n) is 4.22. The third-order valence-corrected chi connectivity index (χ3v) is 4.75. The maximum absolute atomic E-state index is 12.6. The van der Waals surface area contributed by atoms with Gasteiger partial charge in [0, 0.05) is 15.7 Å². The van der Waals surface area contributed by atoms with Crippen LogP contribution < -0.4 is 14.8 Å². The summed E-state index contributed by atoms with van der Waals surface area (Å²) in [5.41, 5.74) is 2.12. The summed E-state index contributed by atoms with van der Waals surface area (Å²) in [4.78, 5) is 12.6. The lowest BCUT2D eigenvalue weighted by atomic mass is 10.1. The summed E-state index contributed by atoms with van der Waals surface area (Å²) < 4.78 is 12.3. The average Bonchev–Trinajstić information content (AvgIpc) is 2.78. The summed E-state index contributed by atoms with van der Waals surface area (Å²) in [6.07, 6.45) is 1.50. The molecule has 0 aliphatic carbocycles. The van der Waals surface area contributed by atoms with Gasteiger partial charge in [0.1, 0.15) is 18.2 Å². The SMILES string of the molecule is COc1cccc(/C=C(\C#N)C(=O)Nc2ccc(Br)cc2)c1OCc1ccccc1. The van der Waals surface area contributed by atoms with E-state index in [-0.39, 0.29) is 5.57 Å². The number of carbonyl (C=O) groups excluding carboxylic acids is 1. The first-order valence-corrected chi connectivity index (χ1v) is 9.92. The molecule has 5 nitrogen and oxygen atoms in total. The van der Waals surface area contributed by atoms with E-state index in [9.17, 15) is 10.1 Å². The van der Waals surface area contributed by atoms with Crippen LogP contribution in [0.3, 0.4) is 0 Å². The Morgan fingerprint density at radius 3 is 2.47 bits per heavy atom. The highest BCUT2D eigenvalue weighted by Gasteiger charge is 2.14. The lowest BCUT2D eigenvalue weighted by Crippen LogP contribution is -2.13. The molecule has 150 valence electrons. The molecule has 0 aliphatic heterocycles. The molecule has 0 unspecified atom stereocenters. The Morgan fingerprint density at radius 2 is 1.80 bits per heavy atom. The van der Waals surface area contributed by atoms with Gasteiger partial charge in [0.05, 0.1) is 7.11 Å². The summed E-state index contributed by atoms with van der Waals surface area (Å²) in [7, 11) is 1.55. The average molecular weight is 463 g/mol. The van der Waals surface area contributed by atoms with Gasteiger partial charge in [-0.1, -0.05) is 58.4 Å². The van der Waals surface area contributed by atoms with Crippen molar-refractivity contribution >= 4 is 33.6 Å². The topological polar surface area (TPSA) is 71.3 Å². The van der Waals surface area contributed by atoms with Gasteiger partial charge in [0.25, 0.3) is 5.91 Å². The van der Waals surface area contributed by atoms with Gasteiger partial charge < -0.3 is 14.8 Å². The number of nitrogens with one attached hydrogen (secondary N) is 1. The summed E-state index contributed by atoms with van der Waals surface area (Å²) in [5, 5.41) is 12.3. The minimum absolute atomic E-state index is 0.0456. The van der Waals surface area contributed by atoms with Crippen LogP contribution in [0, 0.1) is 11.3 Å². The predicted molar refractivity (Wildman–Crippen MR) is 120 cm³/mol. The molecule has 1 N–H and O–H groups in total.